The van der Waals surface area contributed by atoms with Crippen molar-refractivity contribution in [2.45, 2.75) is 13.8 Å². The van der Waals surface area contributed by atoms with Gasteiger partial charge in [-0.2, -0.15) is 17.2 Å². The molecule has 6 rings (SSSR count). The Morgan fingerprint density at radius 2 is 1.59 bits per heavy atom. The summed E-state index contributed by atoms with van der Waals surface area (Å²) in [5.41, 5.74) is 4.70. The van der Waals surface area contributed by atoms with E-state index in [2.05, 4.69) is 39.3 Å². The van der Waals surface area contributed by atoms with Crippen LogP contribution in [0.2, 0.25) is 0 Å². The van der Waals surface area contributed by atoms with Gasteiger partial charge >= 0.3 is 21.1 Å². The van der Waals surface area contributed by atoms with Crippen molar-refractivity contribution < 1.29 is 25.8 Å². The van der Waals surface area contributed by atoms with E-state index < -0.39 is 0 Å². The maximum absolute atomic E-state index is 6.18. The molecule has 0 amide bonds. The van der Waals surface area contributed by atoms with Crippen LogP contribution in [0.4, 0.5) is 0 Å². The molecule has 0 aliphatic heterocycles. The SMILES string of the molecule is Cc1cc(C)n(-c2[c-]c(Oc3[c-]c4c(cc3)c3ccccc3n4-c3ncccn3)ccc2)n1.[Pt+2]. The van der Waals surface area contributed by atoms with E-state index in [0.29, 0.717) is 17.4 Å². The number of ether oxygens (including phenoxy) is 1. The Labute approximate surface area is 211 Å². The van der Waals surface area contributed by atoms with Crippen LogP contribution in [0.3, 0.4) is 0 Å². The molecule has 3 heterocycles. The number of para-hydroxylation sites is 1. The first-order valence-electron chi connectivity index (χ1n) is 10.6. The van der Waals surface area contributed by atoms with Crippen LogP contribution in [0, 0.1) is 26.0 Å². The molecule has 0 atom stereocenters. The molecule has 0 fully saturated rings. The zero-order chi connectivity index (χ0) is 22.4. The van der Waals surface area contributed by atoms with Gasteiger partial charge in [-0.05, 0) is 43.1 Å². The van der Waals surface area contributed by atoms with Crippen LogP contribution in [0.25, 0.3) is 33.4 Å². The van der Waals surface area contributed by atoms with E-state index in [9.17, 15) is 0 Å². The van der Waals surface area contributed by atoms with Gasteiger partial charge in [-0.15, -0.1) is 35.7 Å². The number of benzene rings is 3. The van der Waals surface area contributed by atoms with Gasteiger partial charge < -0.3 is 9.30 Å². The molecule has 0 bridgehead atoms. The van der Waals surface area contributed by atoms with Crippen LogP contribution in [-0.2, 0) is 21.1 Å². The molecular weight excluding hydrogens is 605 g/mol. The van der Waals surface area contributed by atoms with Gasteiger partial charge in [0, 0.05) is 35.1 Å². The molecule has 168 valence electrons. The third kappa shape index (κ3) is 3.80. The minimum atomic E-state index is 0. The molecule has 7 heteroatoms. The molecule has 0 aliphatic carbocycles. The normalized spacial score (nSPS) is 11.0. The molecule has 3 aromatic heterocycles. The van der Waals surface area contributed by atoms with Crippen molar-refractivity contribution in [3.8, 4) is 23.1 Å². The Balaban J connectivity index is 0.00000241. The van der Waals surface area contributed by atoms with Crippen molar-refractivity contribution in [3.63, 3.8) is 0 Å². The number of hydrogen-bond donors (Lipinski definition) is 0. The molecular formula is C27H19N5OPt. The maximum atomic E-state index is 6.18. The van der Waals surface area contributed by atoms with Crippen molar-refractivity contribution in [1.29, 1.82) is 0 Å². The van der Waals surface area contributed by atoms with Gasteiger partial charge in [0.25, 0.3) is 0 Å². The maximum Gasteiger partial charge on any atom is 2.00 e. The second-order valence-electron chi connectivity index (χ2n) is 7.83. The summed E-state index contributed by atoms with van der Waals surface area (Å²) in [6, 6.07) is 28.5. The van der Waals surface area contributed by atoms with Gasteiger partial charge in [0.2, 0.25) is 5.95 Å². The number of hydrogen-bond acceptors (Lipinski definition) is 4. The summed E-state index contributed by atoms with van der Waals surface area (Å²) >= 11 is 0. The van der Waals surface area contributed by atoms with Crippen LogP contribution < -0.4 is 4.74 Å². The average molecular weight is 625 g/mol. The third-order valence-electron chi connectivity index (χ3n) is 5.52. The Hall–Kier alpha value is -3.76. The Kier molecular flexibility index (Phi) is 5.76. The number of rotatable bonds is 4. The molecule has 0 saturated heterocycles. The topological polar surface area (TPSA) is 57.8 Å². The summed E-state index contributed by atoms with van der Waals surface area (Å²) in [6.07, 6.45) is 3.48. The van der Waals surface area contributed by atoms with Crippen LogP contribution in [0.5, 0.6) is 11.5 Å². The van der Waals surface area contributed by atoms with Crippen LogP contribution in [0.15, 0.2) is 79.1 Å². The summed E-state index contributed by atoms with van der Waals surface area (Å²) in [7, 11) is 0. The van der Waals surface area contributed by atoms with E-state index in [-0.39, 0.29) is 21.1 Å². The van der Waals surface area contributed by atoms with Crippen molar-refractivity contribution in [1.82, 2.24) is 24.3 Å². The first-order valence-corrected chi connectivity index (χ1v) is 10.6. The molecule has 0 saturated carbocycles. The average Bonchev–Trinajstić information content (AvgIpc) is 3.35. The number of fused-ring (bicyclic) bond motifs is 3. The summed E-state index contributed by atoms with van der Waals surface area (Å²) in [6.45, 7) is 4.00. The quantitative estimate of drug-likeness (QED) is 0.234. The van der Waals surface area contributed by atoms with Crippen molar-refractivity contribution >= 4 is 21.8 Å². The summed E-state index contributed by atoms with van der Waals surface area (Å²) in [4.78, 5) is 8.93. The second-order valence-corrected chi connectivity index (χ2v) is 7.83. The fraction of sp³-hybridized carbons (Fsp3) is 0.0741. The molecule has 3 aromatic carbocycles. The third-order valence-corrected chi connectivity index (χ3v) is 5.52. The summed E-state index contributed by atoms with van der Waals surface area (Å²) in [5.74, 6) is 1.77. The first-order chi connectivity index (χ1) is 16.2. The van der Waals surface area contributed by atoms with E-state index in [1.165, 1.54) is 0 Å². The van der Waals surface area contributed by atoms with Gasteiger partial charge in [-0.3, -0.25) is 4.68 Å². The van der Waals surface area contributed by atoms with Crippen molar-refractivity contribution in [2.24, 2.45) is 0 Å². The Morgan fingerprint density at radius 1 is 0.794 bits per heavy atom. The monoisotopic (exact) mass is 624 g/mol. The molecule has 0 N–H and O–H groups in total. The predicted molar refractivity (Wildman–Crippen MR) is 127 cm³/mol. The smallest absolute Gasteiger partial charge is 0.509 e. The van der Waals surface area contributed by atoms with E-state index >= 15 is 0 Å². The van der Waals surface area contributed by atoms with Crippen molar-refractivity contribution in [2.75, 3.05) is 0 Å². The van der Waals surface area contributed by atoms with Gasteiger partial charge in [-0.1, -0.05) is 23.7 Å². The molecule has 6 nitrogen and oxygen atoms in total. The van der Waals surface area contributed by atoms with E-state index in [0.717, 1.165) is 38.9 Å². The molecule has 0 aliphatic rings. The number of nitrogens with zero attached hydrogens (tertiary/aromatic N) is 5. The van der Waals surface area contributed by atoms with Gasteiger partial charge in [0.05, 0.1) is 5.69 Å². The van der Waals surface area contributed by atoms with Crippen molar-refractivity contribution in [3.05, 3.63) is 103 Å². The summed E-state index contributed by atoms with van der Waals surface area (Å²) < 4.78 is 10.0. The Morgan fingerprint density at radius 3 is 2.38 bits per heavy atom. The van der Waals surface area contributed by atoms with E-state index in [4.69, 9.17) is 4.74 Å². The first kappa shape index (κ1) is 22.1. The zero-order valence-corrected chi connectivity index (χ0v) is 20.7. The fourth-order valence-corrected chi connectivity index (χ4v) is 4.16. The summed E-state index contributed by atoms with van der Waals surface area (Å²) in [5, 5.41) is 6.72. The number of aromatic nitrogens is 5. The van der Waals surface area contributed by atoms with E-state index in [1.54, 1.807) is 18.5 Å². The van der Waals surface area contributed by atoms with E-state index in [1.807, 2.05) is 71.6 Å². The van der Waals surface area contributed by atoms with Gasteiger partial charge in [0.15, 0.2) is 0 Å². The van der Waals surface area contributed by atoms with Crippen LogP contribution >= 0.6 is 0 Å². The largest absolute Gasteiger partial charge is 2.00 e. The fourth-order valence-electron chi connectivity index (χ4n) is 4.16. The molecule has 0 spiro atoms. The van der Waals surface area contributed by atoms with Crippen LogP contribution in [-0.4, -0.2) is 24.3 Å². The van der Waals surface area contributed by atoms with Gasteiger partial charge in [-0.25, -0.2) is 9.97 Å². The molecule has 34 heavy (non-hydrogen) atoms. The standard InChI is InChI=1S/C27H19N5O.Pt/c1-18-15-19(2)32(30-18)20-7-5-8-21(16-20)33-22-11-12-24-23-9-3-4-10-25(23)31(26(24)17-22)27-28-13-6-14-29-27;/h3-15H,1-2H3;/q-2;+2. The van der Waals surface area contributed by atoms with Gasteiger partial charge in [0.1, 0.15) is 0 Å². The predicted octanol–water partition coefficient (Wildman–Crippen LogP) is 5.77. The minimum Gasteiger partial charge on any atom is -0.509 e. The second kappa shape index (κ2) is 8.88. The molecule has 6 aromatic rings. The van der Waals surface area contributed by atoms with Crippen LogP contribution in [0.1, 0.15) is 11.4 Å². The number of aryl methyl sites for hydroxylation is 2. The molecule has 0 radical (unpaired) electrons. The zero-order valence-electron chi connectivity index (χ0n) is 18.5. The minimum absolute atomic E-state index is 0. The Bertz CT molecular complexity index is 1620. The molecule has 0 unspecified atom stereocenters.